The van der Waals surface area contributed by atoms with Gasteiger partial charge in [-0.25, -0.2) is 8.42 Å². The number of hydrogen-bond acceptors (Lipinski definition) is 5. The van der Waals surface area contributed by atoms with Gasteiger partial charge in [-0.1, -0.05) is 30.3 Å². The molecule has 1 amide bonds. The van der Waals surface area contributed by atoms with Crippen LogP contribution in [0.3, 0.4) is 0 Å². The van der Waals surface area contributed by atoms with Crippen LogP contribution in [0, 0.1) is 0 Å². The van der Waals surface area contributed by atoms with Gasteiger partial charge in [-0.15, -0.1) is 0 Å². The predicted octanol–water partition coefficient (Wildman–Crippen LogP) is 2.85. The summed E-state index contributed by atoms with van der Waals surface area (Å²) in [5.41, 5.74) is 0.773. The quantitative estimate of drug-likeness (QED) is 0.751. The lowest BCUT2D eigenvalue weighted by Crippen LogP contribution is -2.35. The van der Waals surface area contributed by atoms with Gasteiger partial charge in [0, 0.05) is 25.1 Å². The molecular weight excluding hydrogens is 390 g/mol. The van der Waals surface area contributed by atoms with Gasteiger partial charge in [0.15, 0.2) is 27.9 Å². The maximum Gasteiger partial charge on any atom is 0.260 e. The molecule has 154 valence electrons. The summed E-state index contributed by atoms with van der Waals surface area (Å²) >= 11 is 0. The van der Waals surface area contributed by atoms with Crippen molar-refractivity contribution in [3.8, 4) is 11.5 Å². The number of hydrogen-bond donors (Lipinski definition) is 0. The summed E-state index contributed by atoms with van der Waals surface area (Å²) in [6.07, 6.45) is 1.22. The van der Waals surface area contributed by atoms with Crippen molar-refractivity contribution in [1.29, 1.82) is 0 Å². The minimum absolute atomic E-state index is 0.141. The van der Waals surface area contributed by atoms with Crippen LogP contribution < -0.4 is 9.47 Å². The minimum atomic E-state index is -3.45. The van der Waals surface area contributed by atoms with E-state index in [0.717, 1.165) is 12.0 Å². The van der Waals surface area contributed by atoms with Gasteiger partial charge in [0.25, 0.3) is 5.91 Å². The Bertz CT molecular complexity index is 1020. The molecule has 0 saturated carbocycles. The fourth-order valence-electron chi connectivity index (χ4n) is 3.94. The van der Waals surface area contributed by atoms with Crippen molar-refractivity contribution in [2.75, 3.05) is 19.7 Å². The van der Waals surface area contributed by atoms with E-state index in [1.807, 2.05) is 26.0 Å². The SMILES string of the molecule is CC1(C)Cc2cccc(OCC(=O)N3CCC(S(=O)(=O)c4ccccc4)C3)c2O1. The highest BCUT2D eigenvalue weighted by Gasteiger charge is 2.36. The van der Waals surface area contributed by atoms with E-state index in [4.69, 9.17) is 9.47 Å². The van der Waals surface area contributed by atoms with Gasteiger partial charge in [-0.2, -0.15) is 0 Å². The van der Waals surface area contributed by atoms with Gasteiger partial charge in [0.1, 0.15) is 5.60 Å². The molecule has 1 atom stereocenters. The number of rotatable bonds is 5. The first-order valence-electron chi connectivity index (χ1n) is 9.77. The minimum Gasteiger partial charge on any atom is -0.483 e. The van der Waals surface area contributed by atoms with Crippen LogP contribution in [0.25, 0.3) is 0 Å². The lowest BCUT2D eigenvalue weighted by atomic mass is 10.0. The molecular formula is C22H25NO5S. The van der Waals surface area contributed by atoms with E-state index in [1.165, 1.54) is 0 Å². The average Bonchev–Trinajstić information content (AvgIpc) is 3.30. The predicted molar refractivity (Wildman–Crippen MR) is 109 cm³/mol. The van der Waals surface area contributed by atoms with Crippen molar-refractivity contribution in [2.24, 2.45) is 0 Å². The van der Waals surface area contributed by atoms with Crippen LogP contribution in [0.1, 0.15) is 25.8 Å². The third kappa shape index (κ3) is 3.96. The fourth-order valence-corrected chi connectivity index (χ4v) is 5.66. The molecule has 7 heteroatoms. The van der Waals surface area contributed by atoms with Crippen LogP contribution >= 0.6 is 0 Å². The van der Waals surface area contributed by atoms with Crippen molar-refractivity contribution in [3.63, 3.8) is 0 Å². The van der Waals surface area contributed by atoms with E-state index in [0.29, 0.717) is 29.4 Å². The van der Waals surface area contributed by atoms with Gasteiger partial charge in [-0.05, 0) is 38.5 Å². The second kappa shape index (κ2) is 7.37. The highest BCUT2D eigenvalue weighted by atomic mass is 32.2. The lowest BCUT2D eigenvalue weighted by Gasteiger charge is -2.19. The molecule has 0 radical (unpaired) electrons. The molecule has 1 saturated heterocycles. The Labute approximate surface area is 171 Å². The summed E-state index contributed by atoms with van der Waals surface area (Å²) in [4.78, 5) is 14.5. The summed E-state index contributed by atoms with van der Waals surface area (Å²) in [6, 6.07) is 14.1. The zero-order valence-electron chi connectivity index (χ0n) is 16.6. The Balaban J connectivity index is 1.39. The second-order valence-electron chi connectivity index (χ2n) is 8.18. The van der Waals surface area contributed by atoms with Crippen molar-refractivity contribution < 1.29 is 22.7 Å². The molecule has 2 aliphatic heterocycles. The normalized spacial score (nSPS) is 20.2. The molecule has 1 unspecified atom stereocenters. The number of fused-ring (bicyclic) bond motifs is 1. The molecule has 0 aromatic heterocycles. The molecule has 1 fully saturated rings. The average molecular weight is 416 g/mol. The van der Waals surface area contributed by atoms with E-state index < -0.39 is 15.1 Å². The maximum atomic E-state index is 12.8. The molecule has 2 aromatic carbocycles. The summed E-state index contributed by atoms with van der Waals surface area (Å²) < 4.78 is 37.3. The van der Waals surface area contributed by atoms with Gasteiger partial charge in [-0.3, -0.25) is 4.79 Å². The largest absolute Gasteiger partial charge is 0.483 e. The molecule has 0 spiro atoms. The molecule has 2 aliphatic rings. The molecule has 2 aromatic rings. The third-order valence-electron chi connectivity index (χ3n) is 5.41. The smallest absolute Gasteiger partial charge is 0.260 e. The van der Waals surface area contributed by atoms with E-state index in [-0.39, 0.29) is 24.7 Å². The number of benzene rings is 2. The topological polar surface area (TPSA) is 72.9 Å². The van der Waals surface area contributed by atoms with E-state index in [2.05, 4.69) is 0 Å². The Kier molecular flexibility index (Phi) is 5.02. The van der Waals surface area contributed by atoms with Crippen LogP contribution in [0.5, 0.6) is 11.5 Å². The zero-order chi connectivity index (χ0) is 20.6. The fraction of sp³-hybridized carbons (Fsp3) is 0.409. The molecule has 0 bridgehead atoms. The van der Waals surface area contributed by atoms with Gasteiger partial charge >= 0.3 is 0 Å². The first-order valence-corrected chi connectivity index (χ1v) is 11.3. The number of carbonyl (C=O) groups is 1. The Morgan fingerprint density at radius 3 is 2.69 bits per heavy atom. The van der Waals surface area contributed by atoms with Gasteiger partial charge in [0.2, 0.25) is 0 Å². The molecule has 2 heterocycles. The first-order chi connectivity index (χ1) is 13.8. The molecule has 29 heavy (non-hydrogen) atoms. The van der Waals surface area contributed by atoms with Crippen LogP contribution in [0.2, 0.25) is 0 Å². The Hall–Kier alpha value is -2.54. The van der Waals surface area contributed by atoms with Crippen molar-refractivity contribution in [1.82, 2.24) is 4.90 Å². The maximum absolute atomic E-state index is 12.8. The second-order valence-corrected chi connectivity index (χ2v) is 10.4. The molecule has 0 aliphatic carbocycles. The van der Waals surface area contributed by atoms with Crippen molar-refractivity contribution >= 4 is 15.7 Å². The summed E-state index contributed by atoms with van der Waals surface area (Å²) in [6.45, 7) is 4.49. The van der Waals surface area contributed by atoms with Crippen molar-refractivity contribution in [3.05, 3.63) is 54.1 Å². The van der Waals surface area contributed by atoms with Gasteiger partial charge in [0.05, 0.1) is 10.1 Å². The molecule has 0 N–H and O–H groups in total. The highest BCUT2D eigenvalue weighted by Crippen LogP contribution is 2.41. The summed E-state index contributed by atoms with van der Waals surface area (Å²) in [5, 5.41) is -0.584. The number of amides is 1. The Morgan fingerprint density at radius 2 is 1.93 bits per heavy atom. The lowest BCUT2D eigenvalue weighted by molar-refractivity contribution is -0.132. The number of likely N-dealkylation sites (tertiary alicyclic amines) is 1. The van der Waals surface area contributed by atoms with Crippen molar-refractivity contribution in [2.45, 2.75) is 42.4 Å². The van der Waals surface area contributed by atoms with Gasteiger partial charge < -0.3 is 14.4 Å². The van der Waals surface area contributed by atoms with E-state index in [9.17, 15) is 13.2 Å². The van der Waals surface area contributed by atoms with E-state index in [1.54, 1.807) is 41.3 Å². The summed E-state index contributed by atoms with van der Waals surface area (Å²) in [5.74, 6) is 1.02. The van der Waals surface area contributed by atoms with Crippen LogP contribution in [-0.2, 0) is 21.1 Å². The molecule has 6 nitrogen and oxygen atoms in total. The Morgan fingerprint density at radius 1 is 1.17 bits per heavy atom. The van der Waals surface area contributed by atoms with E-state index >= 15 is 0 Å². The summed E-state index contributed by atoms with van der Waals surface area (Å²) in [7, 11) is -3.45. The van der Waals surface area contributed by atoms with Crippen LogP contribution in [0.4, 0.5) is 0 Å². The number of sulfone groups is 1. The first kappa shape index (κ1) is 19.8. The standard InChI is InChI=1S/C22H25NO5S/c1-22(2)13-16-7-6-10-19(21(16)28-22)27-15-20(24)23-12-11-18(14-23)29(25,26)17-8-4-3-5-9-17/h3-10,18H,11-15H2,1-2H3. The number of ether oxygens (including phenoxy) is 2. The monoisotopic (exact) mass is 415 g/mol. The van der Waals surface area contributed by atoms with Crippen LogP contribution in [-0.4, -0.2) is 49.8 Å². The highest BCUT2D eigenvalue weighted by molar-refractivity contribution is 7.92. The molecule has 4 rings (SSSR count). The van der Waals surface area contributed by atoms with Crippen LogP contribution in [0.15, 0.2) is 53.4 Å². The number of nitrogens with zero attached hydrogens (tertiary/aromatic N) is 1. The number of carbonyl (C=O) groups excluding carboxylic acids is 1. The third-order valence-corrected chi connectivity index (χ3v) is 7.61. The zero-order valence-corrected chi connectivity index (χ0v) is 17.4. The number of para-hydroxylation sites is 1.